The zero-order valence-electron chi connectivity index (χ0n) is 18.4. The Morgan fingerprint density at radius 3 is 2.12 bits per heavy atom. The Balaban J connectivity index is 1.58. The first-order valence-corrected chi connectivity index (χ1v) is 12.7. The number of benzene rings is 5. The first-order valence-electron chi connectivity index (χ1n) is 11.4. The first kappa shape index (κ1) is 18.7. The lowest BCUT2D eigenvalue weighted by molar-refractivity contribution is 1.02. The highest BCUT2D eigenvalue weighted by atomic mass is 31.1. The average molecular weight is 439 g/mol. The molecule has 1 atom stereocenters. The van der Waals surface area contributed by atoms with Crippen LogP contribution in [0, 0.1) is 0 Å². The highest BCUT2D eigenvalue weighted by Gasteiger charge is 2.16. The van der Waals surface area contributed by atoms with E-state index < -0.39 is 7.53 Å². The molecule has 1 nitrogen and oxygen atoms in total. The van der Waals surface area contributed by atoms with Crippen molar-refractivity contribution in [2.45, 2.75) is 0 Å². The molecule has 0 saturated carbocycles. The van der Waals surface area contributed by atoms with Crippen LogP contribution in [0.5, 0.6) is 0 Å². The van der Waals surface area contributed by atoms with Crippen molar-refractivity contribution in [1.29, 1.82) is 0 Å². The van der Waals surface area contributed by atoms with Crippen LogP contribution in [0.25, 0.3) is 59.2 Å². The Morgan fingerprint density at radius 1 is 0.545 bits per heavy atom. The number of hydrogen-bond acceptors (Lipinski definition) is 0. The lowest BCUT2D eigenvalue weighted by Gasteiger charge is -2.09. The Kier molecular flexibility index (Phi) is 4.03. The molecule has 2 aromatic heterocycles. The third kappa shape index (κ3) is 2.67. The molecule has 33 heavy (non-hydrogen) atoms. The predicted molar refractivity (Wildman–Crippen MR) is 145 cm³/mol. The van der Waals surface area contributed by atoms with Gasteiger partial charge in [0, 0.05) is 39.1 Å². The Hall–Kier alpha value is -3.80. The molecule has 0 bridgehead atoms. The van der Waals surface area contributed by atoms with Crippen LogP contribution >= 0.6 is 7.53 Å². The van der Waals surface area contributed by atoms with Crippen LogP contribution in [0.4, 0.5) is 0 Å². The zero-order valence-corrected chi connectivity index (χ0v) is 19.3. The summed E-state index contributed by atoms with van der Waals surface area (Å²) >= 11 is 0. The van der Waals surface area contributed by atoms with E-state index in [1.165, 1.54) is 59.2 Å². The van der Waals surface area contributed by atoms with E-state index in [0.717, 1.165) is 0 Å². The molecule has 0 aliphatic heterocycles. The van der Waals surface area contributed by atoms with Gasteiger partial charge in [-0.3, -0.25) is 0 Å². The lowest BCUT2D eigenvalue weighted by Crippen LogP contribution is -1.89. The zero-order chi connectivity index (χ0) is 21.9. The van der Waals surface area contributed by atoms with E-state index in [9.17, 15) is 0 Å². The van der Waals surface area contributed by atoms with Gasteiger partial charge in [-0.15, -0.1) is 0 Å². The summed E-state index contributed by atoms with van der Waals surface area (Å²) in [5.74, 6) is 0. The van der Waals surface area contributed by atoms with E-state index in [-0.39, 0.29) is 0 Å². The minimum absolute atomic E-state index is 0.556. The Labute approximate surface area is 193 Å². The Morgan fingerprint density at radius 2 is 1.24 bits per heavy atom. The van der Waals surface area contributed by atoms with Crippen molar-refractivity contribution in [3.8, 4) is 16.4 Å². The molecule has 5 aromatic carbocycles. The maximum absolute atomic E-state index is 2.46. The van der Waals surface area contributed by atoms with Gasteiger partial charge in [0.2, 0.25) is 0 Å². The minimum Gasteiger partial charge on any atom is -0.343 e. The molecule has 2 heterocycles. The molecule has 2 heteroatoms. The summed E-state index contributed by atoms with van der Waals surface area (Å²) in [4.78, 5) is 0. The van der Waals surface area contributed by atoms with E-state index >= 15 is 0 Å². The third-order valence-electron chi connectivity index (χ3n) is 6.93. The molecule has 7 rings (SSSR count). The molecule has 1 unspecified atom stereocenters. The number of nitrogens with zero attached hydrogens (tertiary/aromatic N) is 1. The molecule has 0 aliphatic rings. The highest BCUT2D eigenvalue weighted by molar-refractivity contribution is 7.67. The molecule has 0 amide bonds. The number of para-hydroxylation sites is 2. The minimum atomic E-state index is -0.556. The number of aromatic nitrogens is 1. The van der Waals surface area contributed by atoms with Gasteiger partial charge in [-0.2, -0.15) is 0 Å². The molecule has 156 valence electrons. The summed E-state index contributed by atoms with van der Waals surface area (Å²) in [7, 11) is 1.63. The lowest BCUT2D eigenvalue weighted by atomic mass is 10.0. The van der Waals surface area contributed by atoms with Gasteiger partial charge < -0.3 is 4.57 Å². The fraction of sp³-hybridized carbons (Fsp3) is 0.0323. The van der Waals surface area contributed by atoms with Crippen LogP contribution in [0.2, 0.25) is 0 Å². The number of aryl methyl sites for hydroxylation is 1. The second-order valence-electron chi connectivity index (χ2n) is 8.70. The van der Waals surface area contributed by atoms with Crippen LogP contribution < -0.4 is 0 Å². The number of hydrogen-bond donors (Lipinski definition) is 0. The van der Waals surface area contributed by atoms with Gasteiger partial charge in [0.15, 0.2) is 0 Å². The van der Waals surface area contributed by atoms with Crippen molar-refractivity contribution in [2.75, 3.05) is 0 Å². The molecular weight excluding hydrogens is 417 g/mol. The van der Waals surface area contributed by atoms with E-state index in [2.05, 4.69) is 127 Å². The SMILES string of the molecule is Cn1c2ccccc2c2cccc(-c3ccc4c5ccccc5p(-c5ccccc5)c4c3)c21. The van der Waals surface area contributed by atoms with Crippen molar-refractivity contribution in [3.05, 3.63) is 115 Å². The summed E-state index contributed by atoms with van der Waals surface area (Å²) in [5, 5.41) is 9.75. The van der Waals surface area contributed by atoms with Crippen molar-refractivity contribution < 1.29 is 0 Å². The van der Waals surface area contributed by atoms with Crippen molar-refractivity contribution in [1.82, 2.24) is 4.57 Å². The summed E-state index contributed by atoms with van der Waals surface area (Å²) < 4.78 is 2.35. The monoisotopic (exact) mass is 439 g/mol. The van der Waals surface area contributed by atoms with Crippen LogP contribution in [0.15, 0.2) is 115 Å². The Bertz CT molecular complexity index is 1820. The van der Waals surface area contributed by atoms with Gasteiger partial charge in [-0.1, -0.05) is 111 Å². The standard InChI is InChI=1S/C31H22NP/c1-32-28-16-7-5-12-24(28)27-15-9-14-23(31(27)32)21-18-19-26-25-13-6-8-17-29(25)33(30(26)20-21)22-10-3-2-4-11-22/h2-20H,1H3. The largest absolute Gasteiger partial charge is 0.343 e. The average Bonchev–Trinajstić information content (AvgIpc) is 3.37. The van der Waals surface area contributed by atoms with E-state index in [1.54, 1.807) is 0 Å². The predicted octanol–water partition coefficient (Wildman–Crippen LogP) is 9.28. The number of rotatable bonds is 2. The second kappa shape index (κ2) is 7.10. The van der Waals surface area contributed by atoms with Crippen LogP contribution in [-0.4, -0.2) is 4.57 Å². The molecular formula is C31H22NP. The first-order chi connectivity index (χ1) is 16.3. The van der Waals surface area contributed by atoms with E-state index in [0.29, 0.717) is 0 Å². The van der Waals surface area contributed by atoms with Gasteiger partial charge in [0.25, 0.3) is 0 Å². The molecule has 0 saturated heterocycles. The summed E-state index contributed by atoms with van der Waals surface area (Å²) in [6.07, 6.45) is 0. The van der Waals surface area contributed by atoms with Crippen molar-refractivity contribution >= 4 is 50.3 Å². The summed E-state index contributed by atoms with van der Waals surface area (Å²) in [5.41, 5.74) is 5.17. The van der Waals surface area contributed by atoms with E-state index in [4.69, 9.17) is 0 Å². The van der Waals surface area contributed by atoms with Gasteiger partial charge in [0.05, 0.1) is 5.52 Å². The van der Waals surface area contributed by atoms with Crippen molar-refractivity contribution in [2.24, 2.45) is 7.05 Å². The molecule has 7 aromatic rings. The third-order valence-corrected chi connectivity index (χ3v) is 9.46. The maximum Gasteiger partial charge on any atom is 0.0568 e. The van der Waals surface area contributed by atoms with Gasteiger partial charge >= 0.3 is 0 Å². The summed E-state index contributed by atoms with van der Waals surface area (Å²) in [6, 6.07) is 42.5. The van der Waals surface area contributed by atoms with E-state index in [1.807, 2.05) is 0 Å². The van der Waals surface area contributed by atoms with Gasteiger partial charge in [-0.25, -0.2) is 0 Å². The van der Waals surface area contributed by atoms with Crippen LogP contribution in [-0.2, 0) is 7.05 Å². The fourth-order valence-corrected chi connectivity index (χ4v) is 8.12. The quantitative estimate of drug-likeness (QED) is 0.253. The molecule has 0 spiro atoms. The number of fused-ring (bicyclic) bond motifs is 6. The second-order valence-corrected chi connectivity index (χ2v) is 10.8. The van der Waals surface area contributed by atoms with Crippen molar-refractivity contribution in [3.63, 3.8) is 0 Å². The fourth-order valence-electron chi connectivity index (χ4n) is 5.46. The molecule has 0 aliphatic carbocycles. The van der Waals surface area contributed by atoms with Gasteiger partial charge in [0.1, 0.15) is 0 Å². The van der Waals surface area contributed by atoms with Gasteiger partial charge in [-0.05, 0) is 33.8 Å². The smallest absolute Gasteiger partial charge is 0.0568 e. The molecule has 0 N–H and O–H groups in total. The normalized spacial score (nSPS) is 12.3. The summed E-state index contributed by atoms with van der Waals surface area (Å²) in [6.45, 7) is 0. The highest BCUT2D eigenvalue weighted by Crippen LogP contribution is 2.55. The molecule has 0 radical (unpaired) electrons. The maximum atomic E-state index is 2.46. The van der Waals surface area contributed by atoms with Crippen LogP contribution in [0.1, 0.15) is 0 Å². The topological polar surface area (TPSA) is 4.93 Å². The van der Waals surface area contributed by atoms with Crippen LogP contribution in [0.3, 0.4) is 0 Å². The molecule has 0 fully saturated rings.